The lowest BCUT2D eigenvalue weighted by atomic mass is 10.1. The molecule has 1 heterocycles. The Kier molecular flexibility index (Phi) is 5.97. The largest absolute Gasteiger partial charge is 0.326 e. The van der Waals surface area contributed by atoms with Crippen molar-refractivity contribution < 1.29 is 9.59 Å². The summed E-state index contributed by atoms with van der Waals surface area (Å²) in [6.45, 7) is 4.68. The third-order valence-electron chi connectivity index (χ3n) is 3.67. The Balaban J connectivity index is 1.70. The van der Waals surface area contributed by atoms with E-state index in [4.69, 9.17) is 12.2 Å². The molecule has 0 spiro atoms. The Hall–Kier alpha value is -1.40. The van der Waals surface area contributed by atoms with Crippen molar-refractivity contribution >= 4 is 45.8 Å². The summed E-state index contributed by atoms with van der Waals surface area (Å²) >= 11 is 6.53. The minimum atomic E-state index is 0.00736. The van der Waals surface area contributed by atoms with Crippen molar-refractivity contribution in [3.8, 4) is 0 Å². The lowest BCUT2D eigenvalue weighted by molar-refractivity contribution is -0.124. The van der Waals surface area contributed by atoms with E-state index in [1.807, 2.05) is 32.0 Å². The van der Waals surface area contributed by atoms with Gasteiger partial charge in [0.2, 0.25) is 11.8 Å². The van der Waals surface area contributed by atoms with Gasteiger partial charge in [-0.25, -0.2) is 0 Å². The van der Waals surface area contributed by atoms with Gasteiger partial charge in [-0.3, -0.25) is 14.5 Å². The van der Waals surface area contributed by atoms with E-state index in [0.29, 0.717) is 23.0 Å². The normalized spacial score (nSPS) is 14.5. The van der Waals surface area contributed by atoms with E-state index in [1.54, 1.807) is 4.90 Å². The van der Waals surface area contributed by atoms with Gasteiger partial charge in [0.05, 0.1) is 5.75 Å². The summed E-state index contributed by atoms with van der Waals surface area (Å²) < 4.78 is 0.657. The average Bonchev–Trinajstić information content (AvgIpc) is 2.79. The van der Waals surface area contributed by atoms with Gasteiger partial charge in [-0.2, -0.15) is 0 Å². The zero-order chi connectivity index (χ0) is 16.1. The van der Waals surface area contributed by atoms with Crippen LogP contribution in [0.1, 0.15) is 30.4 Å². The van der Waals surface area contributed by atoms with Crippen LogP contribution in [-0.4, -0.2) is 33.3 Å². The second-order valence-electron chi connectivity index (χ2n) is 5.40. The lowest BCUT2D eigenvalue weighted by Gasteiger charge is -2.14. The van der Waals surface area contributed by atoms with Gasteiger partial charge in [0.15, 0.2) is 0 Å². The van der Waals surface area contributed by atoms with Crippen molar-refractivity contribution in [3.63, 3.8) is 0 Å². The summed E-state index contributed by atoms with van der Waals surface area (Å²) in [5.41, 5.74) is 3.21. The number of carbonyl (C=O) groups is 2. The van der Waals surface area contributed by atoms with E-state index in [2.05, 4.69) is 5.32 Å². The van der Waals surface area contributed by atoms with Crippen LogP contribution in [0.25, 0.3) is 0 Å². The summed E-state index contributed by atoms with van der Waals surface area (Å²) in [6, 6.07) is 5.90. The molecule has 0 bridgehead atoms. The summed E-state index contributed by atoms with van der Waals surface area (Å²) in [7, 11) is 0. The minimum Gasteiger partial charge on any atom is -0.326 e. The number of aryl methyl sites for hydroxylation is 2. The first-order chi connectivity index (χ1) is 10.5. The first kappa shape index (κ1) is 17.0. The molecule has 0 atom stereocenters. The van der Waals surface area contributed by atoms with Crippen LogP contribution in [0, 0.1) is 13.8 Å². The number of thiocarbonyl (C=S) groups is 1. The summed E-state index contributed by atoms with van der Waals surface area (Å²) in [5, 5.41) is 2.91. The van der Waals surface area contributed by atoms with Crippen molar-refractivity contribution in [1.29, 1.82) is 0 Å². The van der Waals surface area contributed by atoms with E-state index in [9.17, 15) is 9.59 Å². The molecular weight excluding hydrogens is 316 g/mol. The quantitative estimate of drug-likeness (QED) is 0.640. The Labute approximate surface area is 140 Å². The van der Waals surface area contributed by atoms with E-state index >= 15 is 0 Å². The minimum absolute atomic E-state index is 0.00736. The van der Waals surface area contributed by atoms with Crippen molar-refractivity contribution in [2.24, 2.45) is 0 Å². The molecule has 22 heavy (non-hydrogen) atoms. The third-order valence-corrected chi connectivity index (χ3v) is 5.10. The highest BCUT2D eigenvalue weighted by Gasteiger charge is 2.25. The Bertz CT molecular complexity index is 586. The second kappa shape index (κ2) is 7.74. The third kappa shape index (κ3) is 4.55. The zero-order valence-electron chi connectivity index (χ0n) is 12.8. The fraction of sp³-hybridized carbons (Fsp3) is 0.438. The monoisotopic (exact) mass is 336 g/mol. The predicted octanol–water partition coefficient (Wildman–Crippen LogP) is 3.27. The van der Waals surface area contributed by atoms with Gasteiger partial charge in [-0.05, 0) is 49.9 Å². The molecule has 0 unspecified atom stereocenters. The number of thioether (sulfide) groups is 1. The molecule has 0 radical (unpaired) electrons. The van der Waals surface area contributed by atoms with Gasteiger partial charge in [-0.1, -0.05) is 30.0 Å². The van der Waals surface area contributed by atoms with Crippen LogP contribution in [-0.2, 0) is 9.59 Å². The molecule has 1 fully saturated rings. The molecule has 0 aromatic heterocycles. The van der Waals surface area contributed by atoms with E-state index in [-0.39, 0.29) is 11.8 Å². The van der Waals surface area contributed by atoms with Gasteiger partial charge in [0.1, 0.15) is 4.32 Å². The number of carbonyl (C=O) groups excluding carboxylic acids is 2. The number of nitrogens with zero attached hydrogens (tertiary/aromatic N) is 1. The number of nitrogens with one attached hydrogen (secondary N) is 1. The topological polar surface area (TPSA) is 49.4 Å². The second-order valence-corrected chi connectivity index (χ2v) is 7.01. The van der Waals surface area contributed by atoms with Crippen molar-refractivity contribution in [2.45, 2.75) is 33.1 Å². The number of unbranched alkanes of at least 4 members (excludes halogenated alkanes) is 1. The summed E-state index contributed by atoms with van der Waals surface area (Å²) in [6.07, 6.45) is 1.98. The SMILES string of the molecule is Cc1ccc(NC(=O)CCCCN2C(=O)CSC2=S)cc1C. The van der Waals surface area contributed by atoms with Crippen LogP contribution in [0.2, 0.25) is 0 Å². The highest BCUT2D eigenvalue weighted by molar-refractivity contribution is 8.23. The molecule has 6 heteroatoms. The van der Waals surface area contributed by atoms with Crippen LogP contribution in [0.15, 0.2) is 18.2 Å². The predicted molar refractivity (Wildman–Crippen MR) is 95.2 cm³/mol. The van der Waals surface area contributed by atoms with Crippen LogP contribution >= 0.6 is 24.0 Å². The molecule has 4 nitrogen and oxygen atoms in total. The standard InChI is InChI=1S/C16H20N2O2S2/c1-11-6-7-13(9-12(11)2)17-14(19)5-3-4-8-18-15(20)10-22-16(18)21/h6-7,9H,3-5,8,10H2,1-2H3,(H,17,19). The molecule has 2 rings (SSSR count). The number of amides is 2. The van der Waals surface area contributed by atoms with E-state index in [0.717, 1.165) is 24.1 Å². The Morgan fingerprint density at radius 3 is 2.73 bits per heavy atom. The van der Waals surface area contributed by atoms with Crippen LogP contribution in [0.3, 0.4) is 0 Å². The molecule has 0 saturated carbocycles. The van der Waals surface area contributed by atoms with Crippen molar-refractivity contribution in [3.05, 3.63) is 29.3 Å². The first-order valence-corrected chi connectivity index (χ1v) is 8.71. The molecule has 0 aliphatic carbocycles. The fourth-order valence-corrected chi connectivity index (χ4v) is 3.32. The van der Waals surface area contributed by atoms with Gasteiger partial charge >= 0.3 is 0 Å². The Morgan fingerprint density at radius 2 is 2.09 bits per heavy atom. The molecule has 1 saturated heterocycles. The molecule has 1 aliphatic heterocycles. The van der Waals surface area contributed by atoms with E-state index < -0.39 is 0 Å². The number of hydrogen-bond donors (Lipinski definition) is 1. The van der Waals surface area contributed by atoms with Gasteiger partial charge in [0, 0.05) is 18.7 Å². The highest BCUT2D eigenvalue weighted by Crippen LogP contribution is 2.20. The smallest absolute Gasteiger partial charge is 0.238 e. The number of hydrogen-bond acceptors (Lipinski definition) is 4. The number of rotatable bonds is 6. The first-order valence-electron chi connectivity index (χ1n) is 7.31. The molecule has 2 amide bonds. The molecule has 1 aromatic rings. The fourth-order valence-electron chi connectivity index (χ4n) is 2.20. The van der Waals surface area contributed by atoms with Gasteiger partial charge < -0.3 is 5.32 Å². The number of anilines is 1. The molecule has 1 aromatic carbocycles. The molecule has 1 aliphatic rings. The molecule has 118 valence electrons. The Morgan fingerprint density at radius 1 is 1.32 bits per heavy atom. The zero-order valence-corrected chi connectivity index (χ0v) is 14.5. The average molecular weight is 336 g/mol. The van der Waals surface area contributed by atoms with Gasteiger partial charge in [-0.15, -0.1) is 0 Å². The maximum absolute atomic E-state index is 11.9. The van der Waals surface area contributed by atoms with Crippen molar-refractivity contribution in [2.75, 3.05) is 17.6 Å². The van der Waals surface area contributed by atoms with Gasteiger partial charge in [0.25, 0.3) is 0 Å². The van der Waals surface area contributed by atoms with Crippen LogP contribution in [0.5, 0.6) is 0 Å². The van der Waals surface area contributed by atoms with Crippen LogP contribution in [0.4, 0.5) is 5.69 Å². The summed E-state index contributed by atoms with van der Waals surface area (Å²) in [5.74, 6) is 0.536. The number of benzene rings is 1. The van der Waals surface area contributed by atoms with Crippen molar-refractivity contribution in [1.82, 2.24) is 4.90 Å². The van der Waals surface area contributed by atoms with Crippen LogP contribution < -0.4 is 5.32 Å². The lowest BCUT2D eigenvalue weighted by Crippen LogP contribution is -2.29. The maximum Gasteiger partial charge on any atom is 0.238 e. The summed E-state index contributed by atoms with van der Waals surface area (Å²) in [4.78, 5) is 25.1. The molecular formula is C16H20N2O2S2. The highest BCUT2D eigenvalue weighted by atomic mass is 32.2. The van der Waals surface area contributed by atoms with E-state index in [1.165, 1.54) is 17.3 Å². The maximum atomic E-state index is 11.9. The molecule has 1 N–H and O–H groups in total.